The molecule has 0 bridgehead atoms. The number of nitrogens with one attached hydrogen (secondary N) is 1. The van der Waals surface area contributed by atoms with E-state index in [-0.39, 0.29) is 17.9 Å². The molecule has 0 heterocycles. The predicted octanol–water partition coefficient (Wildman–Crippen LogP) is 4.48. The normalized spacial score (nSPS) is 11.9. The van der Waals surface area contributed by atoms with Gasteiger partial charge in [0.15, 0.2) is 0 Å². The summed E-state index contributed by atoms with van der Waals surface area (Å²) in [5, 5.41) is 2.92. The van der Waals surface area contributed by atoms with Crippen LogP contribution in [0.1, 0.15) is 43.0 Å². The van der Waals surface area contributed by atoms with Gasteiger partial charge in [-0.3, -0.25) is 9.59 Å². The number of nitrogens with zero attached hydrogens (tertiary/aromatic N) is 1. The van der Waals surface area contributed by atoms with Crippen LogP contribution >= 0.6 is 11.8 Å². The van der Waals surface area contributed by atoms with E-state index in [1.807, 2.05) is 57.2 Å². The van der Waals surface area contributed by atoms with Gasteiger partial charge in [0.1, 0.15) is 6.04 Å². The molecule has 2 aromatic rings. The van der Waals surface area contributed by atoms with E-state index < -0.39 is 6.04 Å². The summed E-state index contributed by atoms with van der Waals surface area (Å²) in [6.07, 6.45) is 0. The van der Waals surface area contributed by atoms with E-state index in [1.54, 1.807) is 23.6 Å². The second-order valence-electron chi connectivity index (χ2n) is 7.77. The molecule has 2 amide bonds. The SMILES string of the molecule is Cc1ccc(CN(C(=O)CSCc2ccccc2C)C(C)C(=O)NC(C)C)cc1. The van der Waals surface area contributed by atoms with Gasteiger partial charge in [-0.2, -0.15) is 0 Å². The van der Waals surface area contributed by atoms with Crippen LogP contribution in [0.4, 0.5) is 0 Å². The number of amides is 2. The highest BCUT2D eigenvalue weighted by atomic mass is 32.2. The highest BCUT2D eigenvalue weighted by molar-refractivity contribution is 7.99. The minimum Gasteiger partial charge on any atom is -0.352 e. The third kappa shape index (κ3) is 7.24. The molecule has 1 unspecified atom stereocenters. The molecule has 2 rings (SSSR count). The van der Waals surface area contributed by atoms with Crippen LogP contribution in [0.25, 0.3) is 0 Å². The molecule has 5 heteroatoms. The standard InChI is InChI=1S/C24H32N2O2S/c1-17(2)25-24(28)20(5)26(14-21-12-10-18(3)11-13-21)23(27)16-29-15-22-9-7-6-8-19(22)4/h6-13,17,20H,14-16H2,1-5H3,(H,25,28). The summed E-state index contributed by atoms with van der Waals surface area (Å²) in [5.74, 6) is 0.989. The Morgan fingerprint density at radius 3 is 2.28 bits per heavy atom. The van der Waals surface area contributed by atoms with Gasteiger partial charge in [-0.05, 0) is 51.3 Å². The molecule has 29 heavy (non-hydrogen) atoms. The Balaban J connectivity index is 2.07. The first-order chi connectivity index (χ1) is 13.8. The molecule has 0 saturated carbocycles. The highest BCUT2D eigenvalue weighted by Gasteiger charge is 2.26. The van der Waals surface area contributed by atoms with Crippen LogP contribution in [0.3, 0.4) is 0 Å². The van der Waals surface area contributed by atoms with Gasteiger partial charge in [-0.1, -0.05) is 54.1 Å². The zero-order valence-electron chi connectivity index (χ0n) is 18.1. The Labute approximate surface area is 179 Å². The van der Waals surface area contributed by atoms with Crippen LogP contribution in [0.5, 0.6) is 0 Å². The van der Waals surface area contributed by atoms with Crippen molar-refractivity contribution in [3.63, 3.8) is 0 Å². The fourth-order valence-corrected chi connectivity index (χ4v) is 3.97. The number of carbonyl (C=O) groups is 2. The van der Waals surface area contributed by atoms with Crippen molar-refractivity contribution in [3.05, 3.63) is 70.8 Å². The summed E-state index contributed by atoms with van der Waals surface area (Å²) >= 11 is 1.59. The van der Waals surface area contributed by atoms with Gasteiger partial charge >= 0.3 is 0 Å². The molecule has 2 aromatic carbocycles. The van der Waals surface area contributed by atoms with E-state index in [0.29, 0.717) is 12.3 Å². The first-order valence-electron chi connectivity index (χ1n) is 10.1. The molecular weight excluding hydrogens is 380 g/mol. The molecule has 4 nitrogen and oxygen atoms in total. The Morgan fingerprint density at radius 2 is 1.66 bits per heavy atom. The lowest BCUT2D eigenvalue weighted by molar-refractivity contribution is -0.138. The summed E-state index contributed by atoms with van der Waals surface area (Å²) in [6.45, 7) is 10.2. The lowest BCUT2D eigenvalue weighted by Crippen LogP contribution is -2.49. The molecule has 0 aromatic heterocycles. The second kappa shape index (κ2) is 11.1. The first kappa shape index (κ1) is 23.0. The van der Waals surface area contributed by atoms with Crippen LogP contribution in [0.15, 0.2) is 48.5 Å². The van der Waals surface area contributed by atoms with Gasteiger partial charge in [0.25, 0.3) is 0 Å². The number of carbonyl (C=O) groups excluding carboxylic acids is 2. The third-order valence-corrected chi connectivity index (χ3v) is 5.78. The number of thioether (sulfide) groups is 1. The molecule has 0 spiro atoms. The monoisotopic (exact) mass is 412 g/mol. The largest absolute Gasteiger partial charge is 0.352 e. The summed E-state index contributed by atoms with van der Waals surface area (Å²) in [6, 6.07) is 15.8. The lowest BCUT2D eigenvalue weighted by Gasteiger charge is -2.29. The Morgan fingerprint density at radius 1 is 1.00 bits per heavy atom. The van der Waals surface area contributed by atoms with Crippen LogP contribution in [-0.2, 0) is 21.9 Å². The van der Waals surface area contributed by atoms with Gasteiger partial charge in [-0.15, -0.1) is 11.8 Å². The van der Waals surface area contributed by atoms with Crippen molar-refractivity contribution >= 4 is 23.6 Å². The van der Waals surface area contributed by atoms with Crippen molar-refractivity contribution in [2.45, 2.75) is 59.0 Å². The van der Waals surface area contributed by atoms with Gasteiger partial charge in [-0.25, -0.2) is 0 Å². The predicted molar refractivity (Wildman–Crippen MR) is 122 cm³/mol. The molecule has 0 aliphatic heterocycles. The molecular formula is C24H32N2O2S. The van der Waals surface area contributed by atoms with E-state index in [4.69, 9.17) is 0 Å². The van der Waals surface area contributed by atoms with E-state index in [9.17, 15) is 9.59 Å². The number of aryl methyl sites for hydroxylation is 2. The fraction of sp³-hybridized carbons (Fsp3) is 0.417. The average molecular weight is 413 g/mol. The molecule has 156 valence electrons. The zero-order valence-corrected chi connectivity index (χ0v) is 18.9. The van der Waals surface area contributed by atoms with Gasteiger partial charge < -0.3 is 10.2 Å². The van der Waals surface area contributed by atoms with Crippen LogP contribution in [0, 0.1) is 13.8 Å². The van der Waals surface area contributed by atoms with E-state index in [0.717, 1.165) is 11.3 Å². The van der Waals surface area contributed by atoms with Crippen molar-refractivity contribution in [3.8, 4) is 0 Å². The van der Waals surface area contributed by atoms with Gasteiger partial charge in [0, 0.05) is 18.3 Å². The van der Waals surface area contributed by atoms with Crippen molar-refractivity contribution < 1.29 is 9.59 Å². The maximum absolute atomic E-state index is 13.0. The van der Waals surface area contributed by atoms with Crippen LogP contribution in [-0.4, -0.2) is 34.6 Å². The lowest BCUT2D eigenvalue weighted by atomic mass is 10.1. The van der Waals surface area contributed by atoms with Crippen molar-refractivity contribution in [1.29, 1.82) is 0 Å². The zero-order chi connectivity index (χ0) is 21.4. The quantitative estimate of drug-likeness (QED) is 0.661. The number of rotatable bonds is 9. The fourth-order valence-electron chi connectivity index (χ4n) is 2.98. The van der Waals surface area contributed by atoms with Crippen molar-refractivity contribution in [2.24, 2.45) is 0 Å². The smallest absolute Gasteiger partial charge is 0.242 e. The maximum Gasteiger partial charge on any atom is 0.242 e. The third-order valence-electron chi connectivity index (χ3n) is 4.82. The molecule has 0 fully saturated rings. The maximum atomic E-state index is 13.0. The topological polar surface area (TPSA) is 49.4 Å². The molecule has 0 aliphatic rings. The van der Waals surface area contributed by atoms with Crippen LogP contribution in [0.2, 0.25) is 0 Å². The van der Waals surface area contributed by atoms with Gasteiger partial charge in [0.05, 0.1) is 5.75 Å². The Hall–Kier alpha value is -2.27. The molecule has 0 saturated heterocycles. The first-order valence-corrected chi connectivity index (χ1v) is 11.2. The molecule has 1 atom stereocenters. The minimum absolute atomic E-state index is 0.0180. The van der Waals surface area contributed by atoms with Crippen molar-refractivity contribution in [2.75, 3.05) is 5.75 Å². The molecule has 1 N–H and O–H groups in total. The minimum atomic E-state index is -0.523. The second-order valence-corrected chi connectivity index (χ2v) is 8.75. The summed E-state index contributed by atoms with van der Waals surface area (Å²) in [4.78, 5) is 27.3. The number of hydrogen-bond acceptors (Lipinski definition) is 3. The summed E-state index contributed by atoms with van der Waals surface area (Å²) < 4.78 is 0. The van der Waals surface area contributed by atoms with E-state index in [1.165, 1.54) is 16.7 Å². The highest BCUT2D eigenvalue weighted by Crippen LogP contribution is 2.18. The number of benzene rings is 2. The molecule has 0 radical (unpaired) electrons. The van der Waals surface area contributed by atoms with Gasteiger partial charge in [0.2, 0.25) is 11.8 Å². The van der Waals surface area contributed by atoms with E-state index >= 15 is 0 Å². The Bertz CT molecular complexity index is 818. The van der Waals surface area contributed by atoms with Crippen LogP contribution < -0.4 is 5.32 Å². The summed E-state index contributed by atoms with van der Waals surface area (Å²) in [5.41, 5.74) is 4.66. The van der Waals surface area contributed by atoms with Crippen molar-refractivity contribution in [1.82, 2.24) is 10.2 Å². The number of hydrogen-bond donors (Lipinski definition) is 1. The molecule has 0 aliphatic carbocycles. The van der Waals surface area contributed by atoms with E-state index in [2.05, 4.69) is 24.4 Å². The average Bonchev–Trinajstić information content (AvgIpc) is 2.68. The Kier molecular flexibility index (Phi) is 8.77. The summed E-state index contributed by atoms with van der Waals surface area (Å²) in [7, 11) is 0.